The molecular formula is C18H22N2O3. The molecule has 1 unspecified atom stereocenters. The van der Waals surface area contributed by atoms with E-state index in [4.69, 9.17) is 15.2 Å². The van der Waals surface area contributed by atoms with Gasteiger partial charge in [0.05, 0.1) is 18.9 Å². The third-order valence-corrected chi connectivity index (χ3v) is 3.48. The normalized spacial score (nSPS) is 11.6. The number of hydrogen-bond acceptors (Lipinski definition) is 4. The smallest absolute Gasteiger partial charge is 0.255 e. The molecule has 0 aliphatic heterocycles. The number of carbonyl (C=O) groups excluding carboxylic acids is 1. The summed E-state index contributed by atoms with van der Waals surface area (Å²) >= 11 is 0. The van der Waals surface area contributed by atoms with E-state index in [0.29, 0.717) is 28.4 Å². The van der Waals surface area contributed by atoms with Gasteiger partial charge in [0, 0.05) is 17.3 Å². The Kier molecular flexibility index (Phi) is 5.46. The van der Waals surface area contributed by atoms with Crippen LogP contribution in [0.25, 0.3) is 0 Å². The van der Waals surface area contributed by atoms with Gasteiger partial charge < -0.3 is 20.5 Å². The lowest BCUT2D eigenvalue weighted by atomic mass is 10.2. The fourth-order valence-corrected chi connectivity index (χ4v) is 2.03. The van der Waals surface area contributed by atoms with Crippen molar-refractivity contribution in [3.8, 4) is 11.5 Å². The zero-order chi connectivity index (χ0) is 16.8. The summed E-state index contributed by atoms with van der Waals surface area (Å²) in [4.78, 5) is 12.4. The molecule has 3 N–H and O–H groups in total. The lowest BCUT2D eigenvalue weighted by Crippen LogP contribution is -2.14. The summed E-state index contributed by atoms with van der Waals surface area (Å²) in [6, 6.07) is 12.2. The SMILES string of the molecule is CCC(C)Oc1cccc(C(=O)Nc2ccc(N)cc2OC)c1. The maximum Gasteiger partial charge on any atom is 0.255 e. The topological polar surface area (TPSA) is 73.6 Å². The molecule has 0 saturated heterocycles. The summed E-state index contributed by atoms with van der Waals surface area (Å²) in [6.45, 7) is 4.04. The Balaban J connectivity index is 2.16. The van der Waals surface area contributed by atoms with Crippen LogP contribution in [-0.2, 0) is 0 Å². The van der Waals surface area contributed by atoms with Crippen LogP contribution in [0.4, 0.5) is 11.4 Å². The summed E-state index contributed by atoms with van der Waals surface area (Å²) in [7, 11) is 1.53. The molecule has 1 atom stereocenters. The minimum absolute atomic E-state index is 0.102. The van der Waals surface area contributed by atoms with Crippen molar-refractivity contribution < 1.29 is 14.3 Å². The van der Waals surface area contributed by atoms with Crippen LogP contribution in [0.2, 0.25) is 0 Å². The molecule has 122 valence electrons. The van der Waals surface area contributed by atoms with E-state index >= 15 is 0 Å². The number of nitrogens with two attached hydrogens (primary N) is 1. The molecule has 0 heterocycles. The molecule has 5 heteroatoms. The van der Waals surface area contributed by atoms with Gasteiger partial charge in [-0.25, -0.2) is 0 Å². The quantitative estimate of drug-likeness (QED) is 0.797. The van der Waals surface area contributed by atoms with Crippen molar-refractivity contribution in [1.29, 1.82) is 0 Å². The van der Waals surface area contributed by atoms with Crippen LogP contribution < -0.4 is 20.5 Å². The monoisotopic (exact) mass is 314 g/mol. The molecule has 23 heavy (non-hydrogen) atoms. The molecule has 2 rings (SSSR count). The van der Waals surface area contributed by atoms with Gasteiger partial charge in [0.15, 0.2) is 0 Å². The number of amides is 1. The van der Waals surface area contributed by atoms with Gasteiger partial charge in [-0.05, 0) is 43.7 Å². The predicted molar refractivity (Wildman–Crippen MR) is 92.2 cm³/mol. The van der Waals surface area contributed by atoms with Gasteiger partial charge in [-0.1, -0.05) is 13.0 Å². The lowest BCUT2D eigenvalue weighted by Gasteiger charge is -2.14. The highest BCUT2D eigenvalue weighted by Crippen LogP contribution is 2.27. The molecule has 0 saturated carbocycles. The second-order valence-electron chi connectivity index (χ2n) is 5.28. The summed E-state index contributed by atoms with van der Waals surface area (Å²) < 4.78 is 11.0. The van der Waals surface area contributed by atoms with Crippen molar-refractivity contribution in [2.45, 2.75) is 26.4 Å². The van der Waals surface area contributed by atoms with Gasteiger partial charge in [-0.15, -0.1) is 0 Å². The van der Waals surface area contributed by atoms with Gasteiger partial charge >= 0.3 is 0 Å². The van der Waals surface area contributed by atoms with Crippen LogP contribution in [0, 0.1) is 0 Å². The Hall–Kier alpha value is -2.69. The number of benzene rings is 2. The first-order chi connectivity index (χ1) is 11.0. The first-order valence-electron chi connectivity index (χ1n) is 7.55. The molecule has 0 aliphatic rings. The Morgan fingerprint density at radius 2 is 2.04 bits per heavy atom. The third kappa shape index (κ3) is 4.39. The van der Waals surface area contributed by atoms with Gasteiger partial charge in [-0.2, -0.15) is 0 Å². The lowest BCUT2D eigenvalue weighted by molar-refractivity contribution is 0.102. The molecule has 0 aromatic heterocycles. The first-order valence-corrected chi connectivity index (χ1v) is 7.55. The van der Waals surface area contributed by atoms with E-state index in [2.05, 4.69) is 12.2 Å². The maximum absolute atomic E-state index is 12.4. The summed E-state index contributed by atoms with van der Waals surface area (Å²) in [5, 5.41) is 2.82. The number of nitrogen functional groups attached to an aromatic ring is 1. The fourth-order valence-electron chi connectivity index (χ4n) is 2.03. The molecule has 2 aromatic carbocycles. The van der Waals surface area contributed by atoms with Crippen molar-refractivity contribution in [2.75, 3.05) is 18.2 Å². The summed E-state index contributed by atoms with van der Waals surface area (Å²) in [5.74, 6) is 0.962. The van der Waals surface area contributed by atoms with E-state index in [0.717, 1.165) is 6.42 Å². The van der Waals surface area contributed by atoms with Gasteiger partial charge in [0.1, 0.15) is 11.5 Å². The molecule has 0 fully saturated rings. The van der Waals surface area contributed by atoms with E-state index in [1.54, 1.807) is 36.4 Å². The van der Waals surface area contributed by atoms with Crippen LogP contribution in [-0.4, -0.2) is 19.1 Å². The van der Waals surface area contributed by atoms with Crippen LogP contribution in [0.1, 0.15) is 30.6 Å². The largest absolute Gasteiger partial charge is 0.494 e. The summed E-state index contributed by atoms with van der Waals surface area (Å²) in [6.07, 6.45) is 1.00. The molecule has 2 aromatic rings. The maximum atomic E-state index is 12.4. The van der Waals surface area contributed by atoms with E-state index in [9.17, 15) is 4.79 Å². The number of hydrogen-bond donors (Lipinski definition) is 2. The van der Waals surface area contributed by atoms with Crippen LogP contribution in [0.15, 0.2) is 42.5 Å². The van der Waals surface area contributed by atoms with Gasteiger partial charge in [0.25, 0.3) is 5.91 Å². The van der Waals surface area contributed by atoms with Crippen LogP contribution in [0.3, 0.4) is 0 Å². The second kappa shape index (κ2) is 7.54. The van der Waals surface area contributed by atoms with E-state index in [1.807, 2.05) is 13.0 Å². The average molecular weight is 314 g/mol. The van der Waals surface area contributed by atoms with Crippen molar-refractivity contribution in [3.63, 3.8) is 0 Å². The zero-order valence-corrected chi connectivity index (χ0v) is 13.6. The van der Waals surface area contributed by atoms with Crippen molar-refractivity contribution in [3.05, 3.63) is 48.0 Å². The molecular weight excluding hydrogens is 292 g/mol. The minimum atomic E-state index is -0.234. The molecule has 0 spiro atoms. The number of carbonyl (C=O) groups is 1. The zero-order valence-electron chi connectivity index (χ0n) is 13.6. The minimum Gasteiger partial charge on any atom is -0.494 e. The van der Waals surface area contributed by atoms with Crippen LogP contribution in [0.5, 0.6) is 11.5 Å². The number of nitrogens with one attached hydrogen (secondary N) is 1. The van der Waals surface area contributed by atoms with E-state index in [1.165, 1.54) is 7.11 Å². The third-order valence-electron chi connectivity index (χ3n) is 3.48. The Morgan fingerprint density at radius 3 is 2.74 bits per heavy atom. The van der Waals surface area contributed by atoms with Crippen molar-refractivity contribution >= 4 is 17.3 Å². The van der Waals surface area contributed by atoms with Crippen LogP contribution >= 0.6 is 0 Å². The Labute approximate surface area is 136 Å². The number of rotatable bonds is 6. The molecule has 0 radical (unpaired) electrons. The van der Waals surface area contributed by atoms with Crippen molar-refractivity contribution in [1.82, 2.24) is 0 Å². The second-order valence-corrected chi connectivity index (χ2v) is 5.28. The molecule has 0 bridgehead atoms. The number of anilines is 2. The fraction of sp³-hybridized carbons (Fsp3) is 0.278. The molecule has 0 aliphatic carbocycles. The summed E-state index contributed by atoms with van der Waals surface area (Å²) in [5.41, 5.74) is 7.38. The highest BCUT2D eigenvalue weighted by molar-refractivity contribution is 6.05. The average Bonchev–Trinajstić information content (AvgIpc) is 2.56. The van der Waals surface area contributed by atoms with Gasteiger partial charge in [-0.3, -0.25) is 4.79 Å². The first kappa shape index (κ1) is 16.7. The Bertz CT molecular complexity index is 686. The highest BCUT2D eigenvalue weighted by Gasteiger charge is 2.11. The predicted octanol–water partition coefficient (Wildman–Crippen LogP) is 3.71. The van der Waals surface area contributed by atoms with E-state index < -0.39 is 0 Å². The number of ether oxygens (including phenoxy) is 2. The van der Waals surface area contributed by atoms with Crippen molar-refractivity contribution in [2.24, 2.45) is 0 Å². The standard InChI is InChI=1S/C18H22N2O3/c1-4-12(2)23-15-7-5-6-13(10-15)18(21)20-16-9-8-14(19)11-17(16)22-3/h5-12H,4,19H2,1-3H3,(H,20,21). The molecule has 5 nitrogen and oxygen atoms in total. The highest BCUT2D eigenvalue weighted by atomic mass is 16.5. The Morgan fingerprint density at radius 1 is 1.26 bits per heavy atom. The van der Waals surface area contributed by atoms with Gasteiger partial charge in [0.2, 0.25) is 0 Å². The van der Waals surface area contributed by atoms with E-state index in [-0.39, 0.29) is 12.0 Å². The number of methoxy groups -OCH3 is 1. The molecule has 1 amide bonds.